The van der Waals surface area contributed by atoms with E-state index in [1.807, 2.05) is 6.92 Å². The van der Waals surface area contributed by atoms with E-state index in [1.165, 1.54) is 12.1 Å². The summed E-state index contributed by atoms with van der Waals surface area (Å²) in [6.07, 6.45) is 2.24. The second kappa shape index (κ2) is 6.73. The molecule has 6 nitrogen and oxygen atoms in total. The average Bonchev–Trinajstić information content (AvgIpc) is 3.00. The van der Waals surface area contributed by atoms with E-state index < -0.39 is 9.84 Å². The third-order valence-corrected chi connectivity index (χ3v) is 7.32. The lowest BCUT2D eigenvalue weighted by molar-refractivity contribution is 0.200. The van der Waals surface area contributed by atoms with Crippen LogP contribution < -0.4 is 4.90 Å². The summed E-state index contributed by atoms with van der Waals surface area (Å²) in [5.41, 5.74) is 2.61. The number of anilines is 1. The number of piperazine rings is 1. The molecule has 2 aromatic rings. The highest BCUT2D eigenvalue weighted by Crippen LogP contribution is 2.33. The fourth-order valence-corrected chi connectivity index (χ4v) is 5.98. The number of sulfone groups is 1. The highest BCUT2D eigenvalue weighted by atomic mass is 32.2. The van der Waals surface area contributed by atoms with Gasteiger partial charge in [-0.1, -0.05) is 0 Å². The zero-order valence-electron chi connectivity index (χ0n) is 15.2. The molecule has 0 N–H and O–H groups in total. The van der Waals surface area contributed by atoms with E-state index in [0.717, 1.165) is 24.3 Å². The van der Waals surface area contributed by atoms with Crippen LogP contribution in [0.1, 0.15) is 17.5 Å². The molecule has 2 saturated heterocycles. The summed E-state index contributed by atoms with van der Waals surface area (Å²) in [6, 6.07) is 5.16. The highest BCUT2D eigenvalue weighted by molar-refractivity contribution is 7.91. The molecule has 1 aromatic heterocycles. The summed E-state index contributed by atoms with van der Waals surface area (Å²) >= 11 is 0. The van der Waals surface area contributed by atoms with E-state index in [1.54, 1.807) is 6.20 Å². The third kappa shape index (κ3) is 3.37. The molecule has 0 amide bonds. The number of nitriles is 1. The van der Waals surface area contributed by atoms with Crippen LogP contribution in [0.4, 0.5) is 10.1 Å². The first-order valence-electron chi connectivity index (χ1n) is 9.06. The van der Waals surface area contributed by atoms with E-state index in [4.69, 9.17) is 0 Å². The van der Waals surface area contributed by atoms with Gasteiger partial charge in [-0.25, -0.2) is 12.8 Å². The molecule has 142 valence electrons. The molecule has 2 aliphatic heterocycles. The Morgan fingerprint density at radius 1 is 1.26 bits per heavy atom. The lowest BCUT2D eigenvalue weighted by atomic mass is 10.0. The number of pyridine rings is 1. The molecule has 0 spiro atoms. The Morgan fingerprint density at radius 3 is 2.63 bits per heavy atom. The smallest absolute Gasteiger partial charge is 0.151 e. The van der Waals surface area contributed by atoms with E-state index >= 15 is 0 Å². The van der Waals surface area contributed by atoms with Crippen molar-refractivity contribution in [1.82, 2.24) is 9.88 Å². The van der Waals surface area contributed by atoms with Gasteiger partial charge in [0.15, 0.2) is 9.84 Å². The number of rotatable bonds is 2. The van der Waals surface area contributed by atoms with Gasteiger partial charge in [-0.2, -0.15) is 5.26 Å². The van der Waals surface area contributed by atoms with Crippen molar-refractivity contribution < 1.29 is 12.8 Å². The summed E-state index contributed by atoms with van der Waals surface area (Å²) < 4.78 is 37.5. The molecule has 1 aromatic carbocycles. The SMILES string of the molecule is Cc1cc(F)cc2c(N3CCN(C4CCS(=O)(=O)C4)CC3)c(C#N)cnc12. The van der Waals surface area contributed by atoms with Crippen molar-refractivity contribution in [3.05, 3.63) is 35.3 Å². The maximum Gasteiger partial charge on any atom is 0.151 e. The fraction of sp³-hybridized carbons (Fsp3) is 0.474. The fourth-order valence-electron chi connectivity index (χ4n) is 4.22. The van der Waals surface area contributed by atoms with Gasteiger partial charge < -0.3 is 4.90 Å². The number of halogens is 1. The Bertz CT molecular complexity index is 1040. The molecule has 0 bridgehead atoms. The number of aryl methyl sites for hydroxylation is 1. The molecule has 4 rings (SSSR count). The van der Waals surface area contributed by atoms with E-state index in [9.17, 15) is 18.1 Å². The number of hydrogen-bond acceptors (Lipinski definition) is 6. The third-order valence-electron chi connectivity index (χ3n) is 5.57. The molecule has 2 aliphatic rings. The minimum absolute atomic E-state index is 0.0847. The van der Waals surface area contributed by atoms with Gasteiger partial charge in [0.2, 0.25) is 0 Å². The summed E-state index contributed by atoms with van der Waals surface area (Å²) in [5, 5.41) is 10.2. The van der Waals surface area contributed by atoms with E-state index in [0.29, 0.717) is 36.0 Å². The maximum absolute atomic E-state index is 14.0. The van der Waals surface area contributed by atoms with Gasteiger partial charge in [0.1, 0.15) is 11.9 Å². The highest BCUT2D eigenvalue weighted by Gasteiger charge is 2.34. The first-order chi connectivity index (χ1) is 12.9. The van der Waals surface area contributed by atoms with Crippen LogP contribution in [-0.4, -0.2) is 62.0 Å². The zero-order valence-corrected chi connectivity index (χ0v) is 16.0. The molecule has 2 fully saturated rings. The van der Waals surface area contributed by atoms with Gasteiger partial charge in [-0.3, -0.25) is 9.88 Å². The molecule has 3 heterocycles. The van der Waals surface area contributed by atoms with Crippen LogP contribution in [0, 0.1) is 24.1 Å². The number of aromatic nitrogens is 1. The molecule has 27 heavy (non-hydrogen) atoms. The number of fused-ring (bicyclic) bond motifs is 1. The molecule has 8 heteroatoms. The van der Waals surface area contributed by atoms with E-state index in [-0.39, 0.29) is 23.4 Å². The van der Waals surface area contributed by atoms with Gasteiger partial charge in [0, 0.05) is 43.8 Å². The molecule has 0 aliphatic carbocycles. The van der Waals surface area contributed by atoms with Gasteiger partial charge in [-0.05, 0) is 31.0 Å². The van der Waals surface area contributed by atoms with Gasteiger partial charge in [0.25, 0.3) is 0 Å². The first-order valence-corrected chi connectivity index (χ1v) is 10.9. The minimum atomic E-state index is -2.91. The van der Waals surface area contributed by atoms with Gasteiger partial charge >= 0.3 is 0 Å². The van der Waals surface area contributed by atoms with Crippen LogP contribution in [0.5, 0.6) is 0 Å². The largest absolute Gasteiger partial charge is 0.367 e. The summed E-state index contributed by atoms with van der Waals surface area (Å²) in [4.78, 5) is 8.67. The Balaban J connectivity index is 1.63. The van der Waals surface area contributed by atoms with Crippen LogP contribution in [0.2, 0.25) is 0 Å². The summed E-state index contributed by atoms with van der Waals surface area (Å²) in [6.45, 7) is 4.60. The molecule has 0 radical (unpaired) electrons. The zero-order chi connectivity index (χ0) is 19.2. The predicted molar refractivity (Wildman–Crippen MR) is 102 cm³/mol. The molecular formula is C19H21FN4O2S. The average molecular weight is 388 g/mol. The Morgan fingerprint density at radius 2 is 2.00 bits per heavy atom. The molecular weight excluding hydrogens is 367 g/mol. The predicted octanol–water partition coefficient (Wildman–Crippen LogP) is 1.86. The van der Waals surface area contributed by atoms with Crippen molar-refractivity contribution in [2.75, 3.05) is 42.6 Å². The second-order valence-corrected chi connectivity index (χ2v) is 9.56. The second-order valence-electron chi connectivity index (χ2n) is 7.33. The topological polar surface area (TPSA) is 77.3 Å². The van der Waals surface area contributed by atoms with Crippen LogP contribution in [0.15, 0.2) is 18.3 Å². The van der Waals surface area contributed by atoms with Crippen molar-refractivity contribution in [3.8, 4) is 6.07 Å². The quantitative estimate of drug-likeness (QED) is 0.782. The monoisotopic (exact) mass is 388 g/mol. The molecule has 1 unspecified atom stereocenters. The normalized spacial score (nSPS) is 22.9. The summed E-state index contributed by atoms with van der Waals surface area (Å²) in [5.74, 6) is 0.163. The maximum atomic E-state index is 14.0. The van der Waals surface area contributed by atoms with Gasteiger partial charge in [0.05, 0.1) is 28.3 Å². The Hall–Kier alpha value is -2.24. The van der Waals surface area contributed by atoms with Crippen LogP contribution in [-0.2, 0) is 9.84 Å². The molecule has 1 atom stereocenters. The number of hydrogen-bond donors (Lipinski definition) is 0. The van der Waals surface area contributed by atoms with E-state index in [2.05, 4.69) is 20.9 Å². The first kappa shape index (κ1) is 18.1. The Labute approximate surface area is 158 Å². The standard InChI is InChI=1S/C19H21FN4O2S/c1-13-8-15(20)9-17-18(13)22-11-14(10-21)19(17)24-5-3-23(4-6-24)16-2-7-27(25,26)12-16/h8-9,11,16H,2-7,12H2,1H3. The lowest BCUT2D eigenvalue weighted by Crippen LogP contribution is -2.51. The van der Waals surface area contributed by atoms with Crippen molar-refractivity contribution in [2.24, 2.45) is 0 Å². The van der Waals surface area contributed by atoms with Crippen molar-refractivity contribution in [2.45, 2.75) is 19.4 Å². The van der Waals surface area contributed by atoms with Gasteiger partial charge in [-0.15, -0.1) is 0 Å². The van der Waals surface area contributed by atoms with Crippen LogP contribution in [0.25, 0.3) is 10.9 Å². The summed E-state index contributed by atoms with van der Waals surface area (Å²) in [7, 11) is -2.91. The van der Waals surface area contributed by atoms with Crippen molar-refractivity contribution in [3.63, 3.8) is 0 Å². The van der Waals surface area contributed by atoms with Crippen molar-refractivity contribution >= 4 is 26.4 Å². The Kier molecular flexibility index (Phi) is 4.52. The van der Waals surface area contributed by atoms with Crippen LogP contribution >= 0.6 is 0 Å². The van der Waals surface area contributed by atoms with Crippen molar-refractivity contribution in [1.29, 1.82) is 5.26 Å². The number of nitrogens with zero attached hydrogens (tertiary/aromatic N) is 4. The molecule has 0 saturated carbocycles. The van der Waals surface area contributed by atoms with Crippen LogP contribution in [0.3, 0.4) is 0 Å². The number of benzene rings is 1. The lowest BCUT2D eigenvalue weighted by Gasteiger charge is -2.39. The minimum Gasteiger partial charge on any atom is -0.367 e.